The highest BCUT2D eigenvalue weighted by atomic mass is 35.5. The van der Waals surface area contributed by atoms with Crippen LogP contribution in [0.5, 0.6) is 0 Å². The van der Waals surface area contributed by atoms with Crippen molar-refractivity contribution in [2.75, 3.05) is 11.4 Å². The third-order valence-corrected chi connectivity index (χ3v) is 2.49. The van der Waals surface area contributed by atoms with Gasteiger partial charge < -0.3 is 4.90 Å². The van der Waals surface area contributed by atoms with Gasteiger partial charge in [0, 0.05) is 6.54 Å². The first-order chi connectivity index (χ1) is 6.66. The minimum Gasteiger partial charge on any atom is -0.327 e. The van der Waals surface area contributed by atoms with E-state index in [1.807, 2.05) is 13.0 Å². The average Bonchev–Trinajstić information content (AvgIpc) is 2.47. The molecule has 2 heterocycles. The highest BCUT2D eigenvalue weighted by molar-refractivity contribution is 6.29. The third-order valence-electron chi connectivity index (χ3n) is 2.27. The number of aromatic nitrogens is 1. The predicted octanol–water partition coefficient (Wildman–Crippen LogP) is 2.36. The van der Waals surface area contributed by atoms with Gasteiger partial charge in [0.1, 0.15) is 11.0 Å². The second-order valence-corrected chi connectivity index (χ2v) is 3.86. The number of amidine groups is 1. The summed E-state index contributed by atoms with van der Waals surface area (Å²) in [6, 6.07) is 4.13. The summed E-state index contributed by atoms with van der Waals surface area (Å²) in [5.41, 5.74) is 1.06. The summed E-state index contributed by atoms with van der Waals surface area (Å²) in [4.78, 5) is 10.6. The first kappa shape index (κ1) is 9.46. The Hall–Kier alpha value is -1.09. The molecule has 0 bridgehead atoms. The van der Waals surface area contributed by atoms with E-state index < -0.39 is 0 Å². The van der Waals surface area contributed by atoms with Crippen LogP contribution in [0.25, 0.3) is 0 Å². The van der Waals surface area contributed by atoms with E-state index >= 15 is 0 Å². The van der Waals surface area contributed by atoms with Gasteiger partial charge in [-0.15, -0.1) is 0 Å². The van der Waals surface area contributed by atoms with E-state index in [1.54, 1.807) is 12.3 Å². The van der Waals surface area contributed by atoms with Gasteiger partial charge in [0.2, 0.25) is 0 Å². The fraction of sp³-hybridized carbons (Fsp3) is 0.400. The molecule has 0 aromatic carbocycles. The fourth-order valence-corrected chi connectivity index (χ4v) is 1.76. The number of pyridine rings is 1. The predicted molar refractivity (Wildman–Crippen MR) is 59.2 cm³/mol. The Morgan fingerprint density at radius 1 is 1.50 bits per heavy atom. The topological polar surface area (TPSA) is 28.5 Å². The normalized spacial score (nSPS) is 21.2. The highest BCUT2D eigenvalue weighted by Crippen LogP contribution is 2.20. The summed E-state index contributed by atoms with van der Waals surface area (Å²) in [6.07, 6.45) is 1.78. The van der Waals surface area contributed by atoms with E-state index in [-0.39, 0.29) is 0 Å². The molecule has 1 unspecified atom stereocenters. The van der Waals surface area contributed by atoms with E-state index in [0.29, 0.717) is 11.2 Å². The minimum atomic E-state index is 0.366. The van der Waals surface area contributed by atoms with Crippen LogP contribution in [-0.4, -0.2) is 23.4 Å². The molecule has 14 heavy (non-hydrogen) atoms. The third kappa shape index (κ3) is 1.73. The molecule has 0 radical (unpaired) electrons. The van der Waals surface area contributed by atoms with Crippen molar-refractivity contribution >= 4 is 23.1 Å². The van der Waals surface area contributed by atoms with Gasteiger partial charge >= 0.3 is 0 Å². The highest BCUT2D eigenvalue weighted by Gasteiger charge is 2.19. The number of aliphatic imine (C=N–C) groups is 1. The second kappa shape index (κ2) is 3.58. The summed E-state index contributed by atoms with van der Waals surface area (Å²) >= 11 is 5.72. The zero-order valence-corrected chi connectivity index (χ0v) is 8.99. The number of halogens is 1. The lowest BCUT2D eigenvalue weighted by Crippen LogP contribution is -2.26. The van der Waals surface area contributed by atoms with Crippen molar-refractivity contribution < 1.29 is 0 Å². The molecule has 2 rings (SSSR count). The monoisotopic (exact) mass is 209 g/mol. The van der Waals surface area contributed by atoms with E-state index in [0.717, 1.165) is 18.1 Å². The summed E-state index contributed by atoms with van der Waals surface area (Å²) in [7, 11) is 0. The molecule has 0 amide bonds. The molecule has 74 valence electrons. The molecule has 4 heteroatoms. The lowest BCUT2D eigenvalue weighted by molar-refractivity contribution is 0.795. The minimum absolute atomic E-state index is 0.366. The molecule has 1 aliphatic heterocycles. The zero-order valence-electron chi connectivity index (χ0n) is 8.24. The molecule has 0 fully saturated rings. The van der Waals surface area contributed by atoms with Gasteiger partial charge in [-0.25, -0.2) is 4.98 Å². The van der Waals surface area contributed by atoms with Crippen LogP contribution < -0.4 is 4.90 Å². The Kier molecular flexibility index (Phi) is 2.42. The summed E-state index contributed by atoms with van der Waals surface area (Å²) < 4.78 is 0. The molecule has 0 saturated heterocycles. The average molecular weight is 210 g/mol. The molecule has 1 aliphatic rings. The van der Waals surface area contributed by atoms with Gasteiger partial charge in [0.25, 0.3) is 0 Å². The maximum absolute atomic E-state index is 5.72. The van der Waals surface area contributed by atoms with Crippen LogP contribution >= 0.6 is 11.6 Å². The lowest BCUT2D eigenvalue weighted by atomic mass is 10.3. The van der Waals surface area contributed by atoms with E-state index in [4.69, 9.17) is 11.6 Å². The smallest absolute Gasteiger partial charge is 0.129 e. The van der Waals surface area contributed by atoms with E-state index in [9.17, 15) is 0 Å². The maximum atomic E-state index is 5.72. The molecule has 0 spiro atoms. The van der Waals surface area contributed by atoms with Crippen LogP contribution in [0.2, 0.25) is 5.15 Å². The Morgan fingerprint density at radius 2 is 2.29 bits per heavy atom. The van der Waals surface area contributed by atoms with Crippen molar-refractivity contribution in [2.45, 2.75) is 19.9 Å². The Bertz CT molecular complexity index is 358. The zero-order chi connectivity index (χ0) is 10.1. The second-order valence-electron chi connectivity index (χ2n) is 3.48. The van der Waals surface area contributed by atoms with Gasteiger partial charge in [-0.05, 0) is 26.0 Å². The molecular weight excluding hydrogens is 198 g/mol. The number of hydrogen-bond acceptors (Lipinski definition) is 3. The molecule has 0 aliphatic carbocycles. The molecule has 1 aromatic rings. The van der Waals surface area contributed by atoms with Gasteiger partial charge in [0.05, 0.1) is 17.9 Å². The van der Waals surface area contributed by atoms with E-state index in [2.05, 4.69) is 21.8 Å². The van der Waals surface area contributed by atoms with E-state index in [1.165, 1.54) is 0 Å². The number of nitrogens with zero attached hydrogens (tertiary/aromatic N) is 3. The van der Waals surface area contributed by atoms with Crippen LogP contribution in [0, 0.1) is 0 Å². The maximum Gasteiger partial charge on any atom is 0.129 e. The first-order valence-corrected chi connectivity index (χ1v) is 4.98. The van der Waals surface area contributed by atoms with Crippen LogP contribution in [-0.2, 0) is 0 Å². The molecule has 0 saturated carbocycles. The number of hydrogen-bond donors (Lipinski definition) is 0. The molecule has 1 aromatic heterocycles. The summed E-state index contributed by atoms with van der Waals surface area (Å²) in [6.45, 7) is 5.04. The number of anilines is 1. The van der Waals surface area contributed by atoms with Crippen LogP contribution in [0.1, 0.15) is 13.8 Å². The Balaban J connectivity index is 2.25. The van der Waals surface area contributed by atoms with Crippen molar-refractivity contribution in [1.82, 2.24) is 4.98 Å². The van der Waals surface area contributed by atoms with Gasteiger partial charge in [-0.3, -0.25) is 4.99 Å². The number of rotatable bonds is 1. The van der Waals surface area contributed by atoms with Crippen LogP contribution in [0.3, 0.4) is 0 Å². The van der Waals surface area contributed by atoms with Gasteiger partial charge in [0.15, 0.2) is 0 Å². The van der Waals surface area contributed by atoms with Crippen molar-refractivity contribution in [2.24, 2.45) is 4.99 Å². The standard InChI is InChI=1S/C10H12ClN3/c1-7-6-14(8(2)13-7)9-3-4-10(11)12-5-9/h3-5,7H,6H2,1-2H3. The molecular formula is C10H12ClN3. The lowest BCUT2D eigenvalue weighted by Gasteiger charge is -2.18. The Morgan fingerprint density at radius 3 is 2.79 bits per heavy atom. The quantitative estimate of drug-likeness (QED) is 0.665. The SMILES string of the molecule is CC1=NC(C)CN1c1ccc(Cl)nc1. The summed E-state index contributed by atoms with van der Waals surface area (Å²) in [5.74, 6) is 1.04. The van der Waals surface area contributed by atoms with Gasteiger partial charge in [-0.2, -0.15) is 0 Å². The van der Waals surface area contributed by atoms with Crippen molar-refractivity contribution in [3.63, 3.8) is 0 Å². The first-order valence-electron chi connectivity index (χ1n) is 4.60. The fourth-order valence-electron chi connectivity index (χ4n) is 1.65. The van der Waals surface area contributed by atoms with Crippen molar-refractivity contribution in [1.29, 1.82) is 0 Å². The van der Waals surface area contributed by atoms with Crippen molar-refractivity contribution in [3.8, 4) is 0 Å². The largest absolute Gasteiger partial charge is 0.327 e. The van der Waals surface area contributed by atoms with Gasteiger partial charge in [-0.1, -0.05) is 11.6 Å². The molecule has 1 atom stereocenters. The summed E-state index contributed by atoms with van der Waals surface area (Å²) in [5, 5.41) is 0.524. The molecule has 3 nitrogen and oxygen atoms in total. The molecule has 0 N–H and O–H groups in total. The Labute approximate surface area is 88.4 Å². The van der Waals surface area contributed by atoms with Crippen LogP contribution in [0.15, 0.2) is 23.3 Å². The van der Waals surface area contributed by atoms with Crippen molar-refractivity contribution in [3.05, 3.63) is 23.5 Å². The van der Waals surface area contributed by atoms with Crippen LogP contribution in [0.4, 0.5) is 5.69 Å².